The highest BCUT2D eigenvalue weighted by atomic mass is 15.1. The number of hydrogen-bond acceptors (Lipinski definition) is 2. The number of nitrogens with two attached hydrogens (primary N) is 1. The molecule has 2 aliphatic carbocycles. The average molecular weight is 278 g/mol. The van der Waals surface area contributed by atoms with E-state index in [1.807, 2.05) is 0 Å². The molecule has 1 heterocycles. The topological polar surface area (TPSA) is 29.3 Å². The number of fused-ring (bicyclic) bond motifs is 1. The Labute approximate surface area is 125 Å². The largest absolute Gasteiger partial charge is 0.327 e. The van der Waals surface area contributed by atoms with E-state index in [1.165, 1.54) is 71.0 Å². The van der Waals surface area contributed by atoms with E-state index in [4.69, 9.17) is 5.73 Å². The summed E-state index contributed by atoms with van der Waals surface area (Å²) in [5.41, 5.74) is 6.94. The lowest BCUT2D eigenvalue weighted by Crippen LogP contribution is -2.49. The minimum Gasteiger partial charge on any atom is -0.327 e. The Hall–Kier alpha value is -0.0800. The molecule has 2 nitrogen and oxygen atoms in total. The Morgan fingerprint density at radius 2 is 1.80 bits per heavy atom. The molecule has 2 heteroatoms. The zero-order valence-corrected chi connectivity index (χ0v) is 13.6. The molecule has 116 valence electrons. The second-order valence-electron chi connectivity index (χ2n) is 8.68. The Bertz CT molecular complexity index is 325. The summed E-state index contributed by atoms with van der Waals surface area (Å²) in [4.78, 5) is 2.76. The predicted molar refractivity (Wildman–Crippen MR) is 85.6 cm³/mol. The molecule has 1 saturated heterocycles. The third-order valence-electron chi connectivity index (χ3n) is 6.44. The van der Waals surface area contributed by atoms with Gasteiger partial charge in [-0.1, -0.05) is 33.1 Å². The maximum Gasteiger partial charge on any atom is 0.00797 e. The first-order valence-corrected chi connectivity index (χ1v) is 9.01. The van der Waals surface area contributed by atoms with Crippen LogP contribution in [0, 0.1) is 23.2 Å². The SMILES string of the molecule is CC1(C)CCC(N)C(CN2CCC3CCCCC3C2)C1. The smallest absolute Gasteiger partial charge is 0.00797 e. The number of likely N-dealkylation sites (tertiary alicyclic amines) is 1. The summed E-state index contributed by atoms with van der Waals surface area (Å²) in [5, 5.41) is 0. The first kappa shape index (κ1) is 14.8. The molecule has 2 saturated carbocycles. The molecule has 3 aliphatic rings. The standard InChI is InChI=1S/C18H34N2/c1-18(2)9-7-17(19)16(11-18)13-20-10-8-14-5-3-4-6-15(14)12-20/h14-17H,3-13,19H2,1-2H3. The molecule has 3 fully saturated rings. The van der Waals surface area contributed by atoms with Gasteiger partial charge in [-0.05, 0) is 61.8 Å². The molecule has 0 radical (unpaired) electrons. The third-order valence-corrected chi connectivity index (χ3v) is 6.44. The van der Waals surface area contributed by atoms with Crippen molar-refractivity contribution in [3.63, 3.8) is 0 Å². The van der Waals surface area contributed by atoms with E-state index in [1.54, 1.807) is 0 Å². The summed E-state index contributed by atoms with van der Waals surface area (Å²) < 4.78 is 0. The van der Waals surface area contributed by atoms with Crippen LogP contribution >= 0.6 is 0 Å². The van der Waals surface area contributed by atoms with Crippen LogP contribution in [0.15, 0.2) is 0 Å². The zero-order valence-electron chi connectivity index (χ0n) is 13.6. The van der Waals surface area contributed by atoms with Crippen LogP contribution in [0.4, 0.5) is 0 Å². The van der Waals surface area contributed by atoms with Crippen molar-refractivity contribution < 1.29 is 0 Å². The van der Waals surface area contributed by atoms with Gasteiger partial charge in [-0.25, -0.2) is 0 Å². The Morgan fingerprint density at radius 3 is 2.60 bits per heavy atom. The van der Waals surface area contributed by atoms with Gasteiger partial charge in [0.15, 0.2) is 0 Å². The van der Waals surface area contributed by atoms with Crippen molar-refractivity contribution in [2.24, 2.45) is 28.9 Å². The van der Waals surface area contributed by atoms with Crippen molar-refractivity contribution >= 4 is 0 Å². The molecule has 0 amide bonds. The molecule has 4 unspecified atom stereocenters. The Kier molecular flexibility index (Phi) is 4.42. The van der Waals surface area contributed by atoms with Gasteiger partial charge >= 0.3 is 0 Å². The maximum atomic E-state index is 6.42. The summed E-state index contributed by atoms with van der Waals surface area (Å²) in [5.74, 6) is 2.79. The highest BCUT2D eigenvalue weighted by molar-refractivity contribution is 4.90. The fraction of sp³-hybridized carbons (Fsp3) is 1.00. The van der Waals surface area contributed by atoms with Crippen molar-refractivity contribution in [3.05, 3.63) is 0 Å². The molecule has 0 aromatic rings. The molecule has 1 aliphatic heterocycles. The molecule has 0 spiro atoms. The number of nitrogens with zero attached hydrogens (tertiary/aromatic N) is 1. The monoisotopic (exact) mass is 278 g/mol. The molecule has 0 aromatic heterocycles. The van der Waals surface area contributed by atoms with Crippen molar-refractivity contribution in [2.45, 2.75) is 71.3 Å². The molecule has 2 N–H and O–H groups in total. The van der Waals surface area contributed by atoms with E-state index >= 15 is 0 Å². The number of rotatable bonds is 2. The van der Waals surface area contributed by atoms with Gasteiger partial charge in [-0.3, -0.25) is 0 Å². The first-order valence-electron chi connectivity index (χ1n) is 9.01. The van der Waals surface area contributed by atoms with Gasteiger partial charge in [0.2, 0.25) is 0 Å². The van der Waals surface area contributed by atoms with E-state index in [2.05, 4.69) is 18.7 Å². The predicted octanol–water partition coefficient (Wildman–Crippen LogP) is 3.65. The fourth-order valence-electron chi connectivity index (χ4n) is 5.13. The molecule has 0 bridgehead atoms. The van der Waals surface area contributed by atoms with E-state index in [0.717, 1.165) is 17.8 Å². The lowest BCUT2D eigenvalue weighted by atomic mass is 9.69. The second-order valence-corrected chi connectivity index (χ2v) is 8.68. The molecule has 20 heavy (non-hydrogen) atoms. The minimum atomic E-state index is 0.451. The van der Waals surface area contributed by atoms with Crippen LogP contribution in [0.2, 0.25) is 0 Å². The van der Waals surface area contributed by atoms with Crippen LogP contribution in [0.25, 0.3) is 0 Å². The van der Waals surface area contributed by atoms with Crippen LogP contribution in [-0.4, -0.2) is 30.6 Å². The van der Waals surface area contributed by atoms with Crippen LogP contribution < -0.4 is 5.73 Å². The summed E-state index contributed by atoms with van der Waals surface area (Å²) >= 11 is 0. The number of hydrogen-bond donors (Lipinski definition) is 1. The van der Waals surface area contributed by atoms with Gasteiger partial charge < -0.3 is 10.6 Å². The Balaban J connectivity index is 1.54. The van der Waals surface area contributed by atoms with Crippen LogP contribution in [0.3, 0.4) is 0 Å². The van der Waals surface area contributed by atoms with Gasteiger partial charge in [0.1, 0.15) is 0 Å². The quantitative estimate of drug-likeness (QED) is 0.835. The molecular weight excluding hydrogens is 244 g/mol. The van der Waals surface area contributed by atoms with Crippen molar-refractivity contribution in [3.8, 4) is 0 Å². The van der Waals surface area contributed by atoms with Gasteiger partial charge in [-0.15, -0.1) is 0 Å². The second kappa shape index (κ2) is 5.96. The zero-order chi connectivity index (χ0) is 14.2. The number of piperidine rings is 1. The van der Waals surface area contributed by atoms with E-state index in [9.17, 15) is 0 Å². The summed E-state index contributed by atoms with van der Waals surface area (Å²) in [6.45, 7) is 8.84. The van der Waals surface area contributed by atoms with Crippen molar-refractivity contribution in [1.29, 1.82) is 0 Å². The molecule has 3 rings (SSSR count). The van der Waals surface area contributed by atoms with Crippen LogP contribution in [0.5, 0.6) is 0 Å². The molecular formula is C18H34N2. The summed E-state index contributed by atoms with van der Waals surface area (Å²) in [6, 6.07) is 0.451. The van der Waals surface area contributed by atoms with E-state index < -0.39 is 0 Å². The Morgan fingerprint density at radius 1 is 1.05 bits per heavy atom. The molecule has 0 aromatic carbocycles. The summed E-state index contributed by atoms with van der Waals surface area (Å²) in [7, 11) is 0. The lowest BCUT2D eigenvalue weighted by Gasteiger charge is -2.45. The molecule has 4 atom stereocenters. The van der Waals surface area contributed by atoms with Gasteiger partial charge in [0, 0.05) is 19.1 Å². The van der Waals surface area contributed by atoms with Gasteiger partial charge in [0.25, 0.3) is 0 Å². The van der Waals surface area contributed by atoms with Gasteiger partial charge in [0.05, 0.1) is 0 Å². The van der Waals surface area contributed by atoms with Crippen molar-refractivity contribution in [2.75, 3.05) is 19.6 Å². The highest BCUT2D eigenvalue weighted by Gasteiger charge is 2.36. The van der Waals surface area contributed by atoms with Gasteiger partial charge in [-0.2, -0.15) is 0 Å². The fourth-order valence-corrected chi connectivity index (χ4v) is 5.13. The lowest BCUT2D eigenvalue weighted by molar-refractivity contribution is 0.0520. The normalized spacial score (nSPS) is 42.1. The minimum absolute atomic E-state index is 0.451. The van der Waals surface area contributed by atoms with E-state index in [-0.39, 0.29) is 0 Å². The summed E-state index contributed by atoms with van der Waals surface area (Å²) in [6.07, 6.45) is 11.3. The van der Waals surface area contributed by atoms with Crippen molar-refractivity contribution in [1.82, 2.24) is 4.90 Å². The maximum absolute atomic E-state index is 6.42. The highest BCUT2D eigenvalue weighted by Crippen LogP contribution is 2.40. The average Bonchev–Trinajstić information content (AvgIpc) is 2.43. The van der Waals surface area contributed by atoms with E-state index in [0.29, 0.717) is 11.5 Å². The third kappa shape index (κ3) is 3.39. The first-order chi connectivity index (χ1) is 9.53. The van der Waals surface area contributed by atoms with Crippen LogP contribution in [0.1, 0.15) is 65.2 Å². The van der Waals surface area contributed by atoms with Crippen LogP contribution in [-0.2, 0) is 0 Å².